The number of halogens is 1. The van der Waals surface area contributed by atoms with Crippen LogP contribution in [-0.2, 0) is 16.0 Å². The molecular weight excluding hydrogens is 369 g/mol. The van der Waals surface area contributed by atoms with Gasteiger partial charge in [-0.25, -0.2) is 9.18 Å². The second-order valence-corrected chi connectivity index (χ2v) is 6.38. The first-order valence-corrected chi connectivity index (χ1v) is 8.48. The Morgan fingerprint density at radius 3 is 2.82 bits per heavy atom. The van der Waals surface area contributed by atoms with E-state index in [1.807, 2.05) is 6.07 Å². The molecule has 146 valence electrons. The molecule has 1 amide bonds. The maximum atomic E-state index is 12.9. The number of nitrogens with two attached hydrogens (primary N) is 1. The van der Waals surface area contributed by atoms with Crippen LogP contribution in [0.5, 0.6) is 0 Å². The number of benzene rings is 1. The molecule has 0 bridgehead atoms. The molecule has 9 nitrogen and oxygen atoms in total. The predicted octanol–water partition coefficient (Wildman–Crippen LogP) is -0.0796. The molecule has 0 spiro atoms. The fourth-order valence-corrected chi connectivity index (χ4v) is 2.86. The van der Waals surface area contributed by atoms with Crippen LogP contribution < -0.4 is 16.7 Å². The normalized spacial score (nSPS) is 22.4. The maximum absolute atomic E-state index is 12.9. The van der Waals surface area contributed by atoms with Gasteiger partial charge in [0.1, 0.15) is 17.6 Å². The van der Waals surface area contributed by atoms with Crippen molar-refractivity contribution in [3.63, 3.8) is 0 Å². The molecule has 1 aliphatic rings. The Bertz CT molecular complexity index is 956. The van der Waals surface area contributed by atoms with Crippen molar-refractivity contribution in [3.05, 3.63) is 58.4 Å². The van der Waals surface area contributed by atoms with Gasteiger partial charge >= 0.3 is 5.69 Å². The number of aliphatic hydroxyl groups is 1. The van der Waals surface area contributed by atoms with Gasteiger partial charge in [0.25, 0.3) is 0 Å². The van der Waals surface area contributed by atoms with E-state index in [-0.39, 0.29) is 24.7 Å². The topological polar surface area (TPSA) is 143 Å². The first-order valence-electron chi connectivity index (χ1n) is 8.48. The lowest BCUT2D eigenvalue weighted by atomic mass is 10.1. The summed E-state index contributed by atoms with van der Waals surface area (Å²) in [6.07, 6.45) is -0.444. The second kappa shape index (κ2) is 8.26. The molecule has 4 atom stereocenters. The average molecular weight is 387 g/mol. The summed E-state index contributed by atoms with van der Waals surface area (Å²) in [5.41, 5.74) is 5.79. The summed E-state index contributed by atoms with van der Waals surface area (Å²) in [6.45, 7) is -0.0634. The molecule has 3 rings (SSSR count). The highest BCUT2D eigenvalue weighted by atomic mass is 19.1. The average Bonchev–Trinajstić information content (AvgIpc) is 3.04. The first-order chi connectivity index (χ1) is 13.4. The van der Waals surface area contributed by atoms with E-state index >= 15 is 0 Å². The van der Waals surface area contributed by atoms with Crippen LogP contribution in [0.3, 0.4) is 0 Å². The SMILES string of the molecule is N#CC1C(O)CO[C@@H]1n1ccc(NC(=O)C(N)Cc2ccc(F)cc2)nc1=O. The molecule has 0 radical (unpaired) electrons. The van der Waals surface area contributed by atoms with Crippen LogP contribution in [0.2, 0.25) is 0 Å². The molecule has 1 saturated heterocycles. The standard InChI is InChI=1S/C18H18FN5O4/c19-11-3-1-10(2-4-11)7-13(21)16(26)22-15-5-6-24(18(27)23-15)17-12(8-20)14(25)9-28-17/h1-6,12-14,17,25H,7,9,21H2,(H,22,23,26,27)/t12?,13?,14?,17-/m0/s1. The van der Waals surface area contributed by atoms with E-state index in [9.17, 15) is 19.1 Å². The molecule has 1 fully saturated rings. The molecule has 10 heteroatoms. The first kappa shape index (κ1) is 19.6. The van der Waals surface area contributed by atoms with Crippen LogP contribution >= 0.6 is 0 Å². The van der Waals surface area contributed by atoms with Crippen molar-refractivity contribution < 1.29 is 19.0 Å². The van der Waals surface area contributed by atoms with Gasteiger partial charge in [0, 0.05) is 6.20 Å². The number of hydrogen-bond acceptors (Lipinski definition) is 7. The number of rotatable bonds is 5. The summed E-state index contributed by atoms with van der Waals surface area (Å²) in [5.74, 6) is -1.85. The zero-order valence-electron chi connectivity index (χ0n) is 14.7. The lowest BCUT2D eigenvalue weighted by Gasteiger charge is -2.17. The van der Waals surface area contributed by atoms with Gasteiger partial charge in [-0.05, 0) is 30.2 Å². The van der Waals surface area contributed by atoms with Crippen LogP contribution in [0.25, 0.3) is 0 Å². The Morgan fingerprint density at radius 1 is 1.46 bits per heavy atom. The molecule has 0 aliphatic carbocycles. The van der Waals surface area contributed by atoms with Gasteiger partial charge in [-0.15, -0.1) is 0 Å². The number of nitrogens with zero attached hydrogens (tertiary/aromatic N) is 3. The monoisotopic (exact) mass is 387 g/mol. The third kappa shape index (κ3) is 4.23. The van der Waals surface area contributed by atoms with Crippen LogP contribution in [0.4, 0.5) is 10.2 Å². The van der Waals surface area contributed by atoms with Gasteiger partial charge < -0.3 is 20.9 Å². The zero-order valence-corrected chi connectivity index (χ0v) is 14.7. The minimum atomic E-state index is -0.995. The lowest BCUT2D eigenvalue weighted by molar-refractivity contribution is -0.117. The van der Waals surface area contributed by atoms with Crippen LogP contribution in [0, 0.1) is 23.1 Å². The number of anilines is 1. The smallest absolute Gasteiger partial charge is 0.351 e. The zero-order chi connectivity index (χ0) is 20.3. The van der Waals surface area contributed by atoms with E-state index in [1.165, 1.54) is 36.5 Å². The fourth-order valence-electron chi connectivity index (χ4n) is 2.86. The van der Waals surface area contributed by atoms with E-state index < -0.39 is 35.9 Å². The molecule has 2 aromatic rings. The highest BCUT2D eigenvalue weighted by Crippen LogP contribution is 2.28. The van der Waals surface area contributed by atoms with Crippen molar-refractivity contribution in [1.29, 1.82) is 5.26 Å². The van der Waals surface area contributed by atoms with E-state index in [0.717, 1.165) is 4.57 Å². The minimum absolute atomic E-state index is 0.00661. The van der Waals surface area contributed by atoms with Crippen molar-refractivity contribution in [2.24, 2.45) is 11.7 Å². The third-order valence-corrected chi connectivity index (χ3v) is 4.37. The van der Waals surface area contributed by atoms with Crippen molar-refractivity contribution in [3.8, 4) is 6.07 Å². The Balaban J connectivity index is 1.67. The summed E-state index contributed by atoms with van der Waals surface area (Å²) in [6, 6.07) is 7.96. The number of ether oxygens (including phenoxy) is 1. The van der Waals surface area contributed by atoms with Crippen molar-refractivity contribution in [2.75, 3.05) is 11.9 Å². The number of aliphatic hydroxyl groups excluding tert-OH is 1. The molecule has 1 aromatic heterocycles. The third-order valence-electron chi connectivity index (χ3n) is 4.37. The van der Waals surface area contributed by atoms with Gasteiger partial charge in [0.05, 0.1) is 24.8 Å². The van der Waals surface area contributed by atoms with E-state index in [2.05, 4.69) is 10.3 Å². The van der Waals surface area contributed by atoms with Crippen LogP contribution in [0.15, 0.2) is 41.3 Å². The number of nitrogens with one attached hydrogen (secondary N) is 1. The molecule has 1 aromatic carbocycles. The summed E-state index contributed by atoms with van der Waals surface area (Å²) in [7, 11) is 0. The number of hydrogen-bond donors (Lipinski definition) is 3. The van der Waals surface area contributed by atoms with E-state index in [1.54, 1.807) is 0 Å². The Hall–Kier alpha value is -3.13. The highest BCUT2D eigenvalue weighted by Gasteiger charge is 2.38. The van der Waals surface area contributed by atoms with E-state index in [4.69, 9.17) is 15.7 Å². The highest BCUT2D eigenvalue weighted by molar-refractivity contribution is 5.93. The van der Waals surface area contributed by atoms with Crippen molar-refractivity contribution >= 4 is 11.7 Å². The fraction of sp³-hybridized carbons (Fsp3) is 0.333. The number of carbonyl (C=O) groups excluding carboxylic acids is 1. The maximum Gasteiger partial charge on any atom is 0.351 e. The Morgan fingerprint density at radius 2 is 2.18 bits per heavy atom. The Labute approximate surface area is 159 Å². The largest absolute Gasteiger partial charge is 0.389 e. The van der Waals surface area contributed by atoms with E-state index in [0.29, 0.717) is 5.56 Å². The van der Waals surface area contributed by atoms with Gasteiger partial charge in [0.2, 0.25) is 5.91 Å². The predicted molar refractivity (Wildman–Crippen MR) is 95.3 cm³/mol. The molecule has 1 aliphatic heterocycles. The number of aromatic nitrogens is 2. The molecule has 28 heavy (non-hydrogen) atoms. The molecule has 0 saturated carbocycles. The lowest BCUT2D eigenvalue weighted by Crippen LogP contribution is -2.38. The number of nitriles is 1. The van der Waals surface area contributed by atoms with Gasteiger partial charge in [-0.1, -0.05) is 12.1 Å². The van der Waals surface area contributed by atoms with Crippen molar-refractivity contribution in [1.82, 2.24) is 9.55 Å². The van der Waals surface area contributed by atoms with Crippen LogP contribution in [-0.4, -0.2) is 39.3 Å². The van der Waals surface area contributed by atoms with Crippen molar-refractivity contribution in [2.45, 2.75) is 24.8 Å². The second-order valence-electron chi connectivity index (χ2n) is 6.38. The quantitative estimate of drug-likeness (QED) is 0.651. The summed E-state index contributed by atoms with van der Waals surface area (Å²) in [5, 5.41) is 21.3. The van der Waals surface area contributed by atoms with Crippen LogP contribution in [0.1, 0.15) is 11.8 Å². The summed E-state index contributed by atoms with van der Waals surface area (Å²) >= 11 is 0. The van der Waals surface area contributed by atoms with Gasteiger partial charge in [-0.3, -0.25) is 9.36 Å². The molecule has 2 heterocycles. The number of carbonyl (C=O) groups is 1. The Kier molecular flexibility index (Phi) is 5.79. The van der Waals surface area contributed by atoms with Gasteiger partial charge in [0.15, 0.2) is 6.23 Å². The summed E-state index contributed by atoms with van der Waals surface area (Å²) in [4.78, 5) is 28.2. The molecular formula is C18H18FN5O4. The summed E-state index contributed by atoms with van der Waals surface area (Å²) < 4.78 is 19.3. The molecule has 3 unspecified atom stereocenters. The number of amides is 1. The molecule has 4 N–H and O–H groups in total. The van der Waals surface area contributed by atoms with Gasteiger partial charge in [-0.2, -0.15) is 10.2 Å². The minimum Gasteiger partial charge on any atom is -0.389 e.